The number of aromatic nitrogens is 1. The highest BCUT2D eigenvalue weighted by atomic mass is 32.1. The van der Waals surface area contributed by atoms with Crippen LogP contribution in [0.3, 0.4) is 0 Å². The van der Waals surface area contributed by atoms with Crippen molar-refractivity contribution < 1.29 is 14.6 Å². The zero-order valence-corrected chi connectivity index (χ0v) is 10.5. The molecule has 94 valence electrons. The second kappa shape index (κ2) is 5.05. The highest BCUT2D eigenvalue weighted by Gasteiger charge is 2.15. The monoisotopic (exact) mass is 264 g/mol. The van der Waals surface area contributed by atoms with Gasteiger partial charge in [-0.2, -0.15) is 0 Å². The van der Waals surface area contributed by atoms with Crippen LogP contribution in [-0.4, -0.2) is 16.1 Å². The Kier molecular flexibility index (Phi) is 3.47. The smallest absolute Gasteiger partial charge is 0.341 e. The maximum atomic E-state index is 11.1. The number of nitrogens with zero attached hydrogens (tertiary/aromatic N) is 1. The summed E-state index contributed by atoms with van der Waals surface area (Å²) in [4.78, 5) is 15.3. The van der Waals surface area contributed by atoms with Gasteiger partial charge in [0, 0.05) is 16.8 Å². The molecule has 0 atom stereocenters. The van der Waals surface area contributed by atoms with E-state index < -0.39 is 5.97 Å². The van der Waals surface area contributed by atoms with Gasteiger partial charge in [-0.3, -0.25) is 0 Å². The van der Waals surface area contributed by atoms with E-state index in [4.69, 9.17) is 15.6 Å². The summed E-state index contributed by atoms with van der Waals surface area (Å²) in [6, 6.07) is 4.77. The summed E-state index contributed by atoms with van der Waals surface area (Å²) in [5.74, 6) is -0.839. The molecule has 0 fully saturated rings. The van der Waals surface area contributed by atoms with Gasteiger partial charge in [0.05, 0.1) is 0 Å². The Balaban J connectivity index is 2.19. The topological polar surface area (TPSA) is 85.4 Å². The Morgan fingerprint density at radius 2 is 2.33 bits per heavy atom. The molecule has 1 heterocycles. The fourth-order valence-electron chi connectivity index (χ4n) is 1.51. The molecule has 0 bridgehead atoms. The molecule has 0 radical (unpaired) electrons. The summed E-state index contributed by atoms with van der Waals surface area (Å²) in [5, 5.41) is 11.8. The van der Waals surface area contributed by atoms with Crippen molar-refractivity contribution in [3.63, 3.8) is 0 Å². The highest BCUT2D eigenvalue weighted by molar-refractivity contribution is 7.09. The van der Waals surface area contributed by atoms with Crippen LogP contribution in [0.4, 0.5) is 5.69 Å². The summed E-state index contributed by atoms with van der Waals surface area (Å²) in [6.45, 7) is 2.13. The lowest BCUT2D eigenvalue weighted by molar-refractivity contribution is 0.0693. The van der Waals surface area contributed by atoms with E-state index in [1.807, 2.05) is 12.3 Å². The predicted octanol–water partition coefficient (Wildman–Crippen LogP) is 2.31. The minimum absolute atomic E-state index is 0.00854. The first-order chi connectivity index (χ1) is 8.58. The molecule has 3 N–H and O–H groups in total. The molecular weight excluding hydrogens is 252 g/mol. The van der Waals surface area contributed by atoms with E-state index >= 15 is 0 Å². The van der Waals surface area contributed by atoms with Crippen LogP contribution < -0.4 is 10.5 Å². The highest BCUT2D eigenvalue weighted by Crippen LogP contribution is 2.25. The lowest BCUT2D eigenvalue weighted by atomic mass is 10.1. The molecule has 0 saturated heterocycles. The number of carboxylic acid groups (broad SMARTS) is 1. The third kappa shape index (κ3) is 2.60. The van der Waals surface area contributed by atoms with Gasteiger partial charge in [0.2, 0.25) is 0 Å². The maximum absolute atomic E-state index is 11.1. The number of hydrogen-bond acceptors (Lipinski definition) is 5. The number of benzene rings is 1. The first kappa shape index (κ1) is 12.4. The van der Waals surface area contributed by atoms with Gasteiger partial charge in [0.15, 0.2) is 0 Å². The molecule has 1 aromatic carbocycles. The number of rotatable bonds is 4. The quantitative estimate of drug-likeness (QED) is 0.828. The molecule has 0 aliphatic heterocycles. The SMILES string of the molecule is Cc1csc(COc2cccc(N)c2C(=O)O)n1. The number of aromatic carboxylic acids is 1. The van der Waals surface area contributed by atoms with Crippen molar-refractivity contribution in [2.24, 2.45) is 0 Å². The molecule has 6 heteroatoms. The van der Waals surface area contributed by atoms with Crippen LogP contribution in [0, 0.1) is 6.92 Å². The van der Waals surface area contributed by atoms with Crippen LogP contribution in [0.25, 0.3) is 0 Å². The number of hydrogen-bond donors (Lipinski definition) is 2. The standard InChI is InChI=1S/C12H12N2O3S/c1-7-6-18-10(14-7)5-17-9-4-2-3-8(13)11(9)12(15)16/h2-4,6H,5,13H2,1H3,(H,15,16). The average molecular weight is 264 g/mol. The molecular formula is C12H12N2O3S. The first-order valence-electron chi connectivity index (χ1n) is 5.23. The molecule has 0 amide bonds. The molecule has 2 rings (SSSR count). The zero-order chi connectivity index (χ0) is 13.1. The molecule has 0 aliphatic carbocycles. The van der Waals surface area contributed by atoms with Gasteiger partial charge >= 0.3 is 5.97 Å². The molecule has 18 heavy (non-hydrogen) atoms. The number of thiazole rings is 1. The summed E-state index contributed by atoms with van der Waals surface area (Å²) >= 11 is 1.47. The number of aryl methyl sites for hydroxylation is 1. The molecule has 0 unspecified atom stereocenters. The number of nitrogens with two attached hydrogens (primary N) is 1. The first-order valence-corrected chi connectivity index (χ1v) is 6.11. The van der Waals surface area contributed by atoms with Crippen molar-refractivity contribution in [3.05, 3.63) is 39.8 Å². The fraction of sp³-hybridized carbons (Fsp3) is 0.167. The zero-order valence-electron chi connectivity index (χ0n) is 9.71. The minimum atomic E-state index is -1.10. The van der Waals surface area contributed by atoms with E-state index in [1.54, 1.807) is 12.1 Å². The Hall–Kier alpha value is -2.08. The second-order valence-electron chi connectivity index (χ2n) is 3.70. The van der Waals surface area contributed by atoms with Gasteiger partial charge in [-0.05, 0) is 19.1 Å². The van der Waals surface area contributed by atoms with Crippen molar-refractivity contribution >= 4 is 23.0 Å². The van der Waals surface area contributed by atoms with Gasteiger partial charge in [-0.1, -0.05) is 6.07 Å². The summed E-state index contributed by atoms with van der Waals surface area (Å²) in [6.07, 6.45) is 0. The molecule has 5 nitrogen and oxygen atoms in total. The van der Waals surface area contributed by atoms with Crippen LogP contribution in [-0.2, 0) is 6.61 Å². The van der Waals surface area contributed by atoms with Gasteiger partial charge in [-0.25, -0.2) is 9.78 Å². The lowest BCUT2D eigenvalue weighted by Gasteiger charge is -2.09. The van der Waals surface area contributed by atoms with Gasteiger partial charge < -0.3 is 15.6 Å². The van der Waals surface area contributed by atoms with Gasteiger partial charge in [0.1, 0.15) is 22.9 Å². The number of carbonyl (C=O) groups is 1. The molecule has 2 aromatic rings. The second-order valence-corrected chi connectivity index (χ2v) is 4.64. The third-order valence-electron chi connectivity index (χ3n) is 2.29. The Labute approximate surface area is 108 Å². The van der Waals surface area contributed by atoms with Gasteiger partial charge in [-0.15, -0.1) is 11.3 Å². The Morgan fingerprint density at radius 3 is 2.94 bits per heavy atom. The van der Waals surface area contributed by atoms with Crippen molar-refractivity contribution in [1.29, 1.82) is 0 Å². The largest absolute Gasteiger partial charge is 0.485 e. The van der Waals surface area contributed by atoms with Crippen LogP contribution in [0.2, 0.25) is 0 Å². The van der Waals surface area contributed by atoms with Crippen molar-refractivity contribution in [2.75, 3.05) is 5.73 Å². The number of carboxylic acids is 1. The summed E-state index contributed by atoms with van der Waals surface area (Å²) in [5.41, 5.74) is 6.72. The van der Waals surface area contributed by atoms with E-state index in [9.17, 15) is 4.79 Å². The van der Waals surface area contributed by atoms with Crippen molar-refractivity contribution in [2.45, 2.75) is 13.5 Å². The van der Waals surface area contributed by atoms with E-state index in [0.717, 1.165) is 10.7 Å². The van der Waals surface area contributed by atoms with Crippen LogP contribution >= 0.6 is 11.3 Å². The molecule has 0 spiro atoms. The van der Waals surface area contributed by atoms with Crippen LogP contribution in [0.5, 0.6) is 5.75 Å². The number of ether oxygens (including phenoxy) is 1. The van der Waals surface area contributed by atoms with E-state index in [2.05, 4.69) is 4.98 Å². The van der Waals surface area contributed by atoms with Crippen molar-refractivity contribution in [3.8, 4) is 5.75 Å². The maximum Gasteiger partial charge on any atom is 0.341 e. The van der Waals surface area contributed by atoms with E-state index in [1.165, 1.54) is 17.4 Å². The minimum Gasteiger partial charge on any atom is -0.485 e. The normalized spacial score (nSPS) is 10.3. The Morgan fingerprint density at radius 1 is 1.56 bits per heavy atom. The van der Waals surface area contributed by atoms with E-state index in [0.29, 0.717) is 0 Å². The van der Waals surface area contributed by atoms with Crippen LogP contribution in [0.1, 0.15) is 21.1 Å². The predicted molar refractivity (Wildman–Crippen MR) is 69.0 cm³/mol. The number of nitrogen functional groups attached to an aromatic ring is 1. The fourth-order valence-corrected chi connectivity index (χ4v) is 2.19. The average Bonchev–Trinajstić information content (AvgIpc) is 2.72. The molecule has 0 aliphatic rings. The molecule has 0 saturated carbocycles. The van der Waals surface area contributed by atoms with Crippen LogP contribution in [0.15, 0.2) is 23.6 Å². The van der Waals surface area contributed by atoms with Gasteiger partial charge in [0.25, 0.3) is 0 Å². The lowest BCUT2D eigenvalue weighted by Crippen LogP contribution is -2.06. The molecule has 1 aromatic heterocycles. The van der Waals surface area contributed by atoms with Crippen molar-refractivity contribution in [1.82, 2.24) is 4.98 Å². The summed E-state index contributed by atoms with van der Waals surface area (Å²) in [7, 11) is 0. The Bertz CT molecular complexity index is 580. The summed E-state index contributed by atoms with van der Waals surface area (Å²) < 4.78 is 5.47. The number of anilines is 1. The van der Waals surface area contributed by atoms with E-state index in [-0.39, 0.29) is 23.6 Å². The third-order valence-corrected chi connectivity index (χ3v) is 3.23.